The van der Waals surface area contributed by atoms with Gasteiger partial charge in [0.2, 0.25) is 0 Å². The van der Waals surface area contributed by atoms with Crippen molar-refractivity contribution >= 4 is 101 Å². The van der Waals surface area contributed by atoms with Crippen molar-refractivity contribution < 1.29 is 11.0 Å². The van der Waals surface area contributed by atoms with Gasteiger partial charge in [0.1, 0.15) is 0 Å². The number of fused-ring (bicyclic) bond motifs is 10. The first-order valence-corrected chi connectivity index (χ1v) is 37.7. The summed E-state index contributed by atoms with van der Waals surface area (Å²) in [6.45, 7) is 33.4. The van der Waals surface area contributed by atoms with E-state index in [0.29, 0.717) is 28.2 Å². The fourth-order valence-electron chi connectivity index (χ4n) is 17.0. The quantitative estimate of drug-likeness (QED) is 0.120. The molecule has 0 fully saturated rings. The van der Waals surface area contributed by atoms with Crippen molar-refractivity contribution in [1.82, 2.24) is 9.13 Å². The SMILES string of the molecule is [2H]c1c([2H])c([2H])c2c(c1[2H])c1cc(C(C)(C)C)ccc1n2-c1ccc2c(c1)N(c1cc(-c3ccccc3)c(CC(C)(C)C)cc1-c1ccccc1)c1cc(CC(C)(C)C)cc3c1B2c1ccc(-n2c4ccc(C(C)(C)C)cc4c4c([2H])c([2H])c([2H])c([2H])c42)cc1N3c1cc(-c2ccccc2)c(CC(C)(C)C)cc1-c1ccccc1. The highest BCUT2D eigenvalue weighted by atomic mass is 15.2. The monoisotopic (exact) mass is 1380 g/mol. The lowest BCUT2D eigenvalue weighted by Gasteiger charge is -2.46. The van der Waals surface area contributed by atoms with Crippen molar-refractivity contribution in [3.8, 4) is 55.9 Å². The van der Waals surface area contributed by atoms with Crippen molar-refractivity contribution in [2.45, 2.75) is 134 Å². The van der Waals surface area contributed by atoms with Crippen LogP contribution < -0.4 is 26.2 Å². The summed E-state index contributed by atoms with van der Waals surface area (Å²) in [5.74, 6) is 0. The predicted octanol–water partition coefficient (Wildman–Crippen LogP) is 26.0. The Bertz CT molecular complexity index is 6070. The lowest BCUT2D eigenvalue weighted by Crippen LogP contribution is -2.61. The zero-order valence-electron chi connectivity index (χ0n) is 71.9. The van der Waals surface area contributed by atoms with Gasteiger partial charge >= 0.3 is 0 Å². The Kier molecular flexibility index (Phi) is 14.3. The van der Waals surface area contributed by atoms with Crippen LogP contribution in [0.2, 0.25) is 0 Å². The molecule has 0 saturated carbocycles. The number of hydrogen-bond acceptors (Lipinski definition) is 2. The van der Waals surface area contributed by atoms with E-state index in [1.807, 2.05) is 0 Å². The Balaban J connectivity index is 1.07. The van der Waals surface area contributed by atoms with E-state index < -0.39 is 6.71 Å². The van der Waals surface area contributed by atoms with Crippen LogP contribution in [0.25, 0.3) is 99.5 Å². The number of hydrogen-bond donors (Lipinski definition) is 0. The zero-order chi connectivity index (χ0) is 80.5. The van der Waals surface area contributed by atoms with Gasteiger partial charge < -0.3 is 18.9 Å². The molecule has 4 heterocycles. The Morgan fingerprint density at radius 2 is 0.660 bits per heavy atom. The third-order valence-electron chi connectivity index (χ3n) is 21.6. The molecule has 2 aliphatic rings. The van der Waals surface area contributed by atoms with Crippen LogP contribution in [0.15, 0.2) is 279 Å². The summed E-state index contributed by atoms with van der Waals surface area (Å²) in [5, 5.41) is 2.43. The van der Waals surface area contributed by atoms with Gasteiger partial charge in [-0.2, -0.15) is 0 Å². The van der Waals surface area contributed by atoms with Gasteiger partial charge in [-0.25, -0.2) is 0 Å². The van der Waals surface area contributed by atoms with Gasteiger partial charge in [-0.05, 0) is 221 Å². The van der Waals surface area contributed by atoms with E-state index in [2.05, 4.69) is 353 Å². The highest BCUT2D eigenvalue weighted by Gasteiger charge is 2.46. The molecule has 2 aliphatic heterocycles. The summed E-state index contributed by atoms with van der Waals surface area (Å²) in [5.41, 5.74) is 25.9. The molecule has 0 bridgehead atoms. The van der Waals surface area contributed by atoms with Gasteiger partial charge in [0, 0.05) is 66.8 Å². The summed E-state index contributed by atoms with van der Waals surface area (Å²) in [7, 11) is 0. The van der Waals surface area contributed by atoms with E-state index in [9.17, 15) is 11.0 Å². The molecule has 15 aromatic rings. The van der Waals surface area contributed by atoms with Crippen molar-refractivity contribution in [1.29, 1.82) is 0 Å². The summed E-state index contributed by atoms with van der Waals surface area (Å²) in [4.78, 5) is 5.09. The van der Waals surface area contributed by atoms with Crippen molar-refractivity contribution in [3.05, 3.63) is 307 Å². The minimum absolute atomic E-state index is 0.0849. The number of rotatable bonds is 11. The largest absolute Gasteiger partial charge is 0.311 e. The lowest BCUT2D eigenvalue weighted by atomic mass is 9.33. The number of nitrogens with zero attached hydrogens (tertiary/aromatic N) is 4. The van der Waals surface area contributed by atoms with Crippen molar-refractivity contribution in [2.24, 2.45) is 16.2 Å². The zero-order valence-corrected chi connectivity index (χ0v) is 63.9. The second-order valence-corrected chi connectivity index (χ2v) is 35.4. The fraction of sp³-hybridized carbons (Fsp3) is 0.228. The highest BCUT2D eigenvalue weighted by Crippen LogP contribution is 2.53. The molecule has 13 aromatic carbocycles. The first kappa shape index (κ1) is 59.4. The topological polar surface area (TPSA) is 16.3 Å². The number of benzene rings is 13. The maximum Gasteiger partial charge on any atom is 0.252 e. The normalized spacial score (nSPS) is 14.3. The second-order valence-electron chi connectivity index (χ2n) is 35.4. The van der Waals surface area contributed by atoms with Gasteiger partial charge in [-0.15, -0.1) is 0 Å². The standard InChI is InChI=1S/C101H97BN4/c1-97(2,3)62-65-52-94-96-95(53-65)106(91-61-79(67-34-22-17-23-35-67)71(64-99(7,8)9)55-81(91)69-38-26-19-27-39-69)93-59-75(104-87-43-31-29-41-77(87)83-57-73(101(13,14)15)45-51-89(83)104)47-49-85(93)102(96)84-48-46-74(103-86-42-30-28-40-76(86)82-56-72(100(10,11)12)44-50-88(82)103)58-92(84)105(94)90-60-78(66-32-20-16-21-33-66)70(63-98(4,5)6)54-80(90)68-36-24-18-25-37-68/h16-61H,62-64H2,1-15H3/i28D,29D,30D,31D,40D,41D,42D,43D. The maximum atomic E-state index is 10.0. The second kappa shape index (κ2) is 25.4. The van der Waals surface area contributed by atoms with Gasteiger partial charge in [0.25, 0.3) is 6.71 Å². The molecule has 0 N–H and O–H groups in total. The molecule has 5 heteroatoms. The Morgan fingerprint density at radius 1 is 0.302 bits per heavy atom. The van der Waals surface area contributed by atoms with Crippen LogP contribution in [0.5, 0.6) is 0 Å². The van der Waals surface area contributed by atoms with Crippen LogP contribution in [-0.4, -0.2) is 15.8 Å². The fourth-order valence-corrected chi connectivity index (χ4v) is 17.0. The minimum Gasteiger partial charge on any atom is -0.311 e. The molecule has 0 atom stereocenters. The van der Waals surface area contributed by atoms with Crippen molar-refractivity contribution in [3.63, 3.8) is 0 Å². The van der Waals surface area contributed by atoms with E-state index in [4.69, 9.17) is 0 Å². The smallest absolute Gasteiger partial charge is 0.252 e. The molecule has 524 valence electrons. The van der Waals surface area contributed by atoms with Gasteiger partial charge in [-0.3, -0.25) is 0 Å². The average molecular weight is 1390 g/mol. The highest BCUT2D eigenvalue weighted by molar-refractivity contribution is 7.00. The third kappa shape index (κ3) is 12.2. The molecule has 106 heavy (non-hydrogen) atoms. The summed E-state index contributed by atoms with van der Waals surface area (Å²) in [6.07, 6.45) is 2.27. The molecule has 0 radical (unpaired) electrons. The van der Waals surface area contributed by atoms with Crippen LogP contribution >= 0.6 is 0 Å². The third-order valence-corrected chi connectivity index (χ3v) is 21.6. The minimum atomic E-state index is -0.475. The van der Waals surface area contributed by atoms with Gasteiger partial charge in [0.05, 0.1) is 44.4 Å². The van der Waals surface area contributed by atoms with E-state index in [-0.39, 0.29) is 75.4 Å². The molecule has 17 rings (SSSR count). The van der Waals surface area contributed by atoms with Gasteiger partial charge in [0.15, 0.2) is 0 Å². The first-order chi connectivity index (χ1) is 54.0. The lowest BCUT2D eigenvalue weighted by molar-refractivity contribution is 0.411. The van der Waals surface area contributed by atoms with E-state index in [1.54, 1.807) is 0 Å². The van der Waals surface area contributed by atoms with Crippen LogP contribution in [0.1, 0.15) is 143 Å². The Morgan fingerprint density at radius 3 is 1.02 bits per heavy atom. The van der Waals surface area contributed by atoms with Gasteiger partial charge in [-0.1, -0.05) is 286 Å². The summed E-state index contributed by atoms with van der Waals surface area (Å²) < 4.78 is 81.0. The molecular formula is C101H97BN4. The van der Waals surface area contributed by atoms with Crippen LogP contribution in [0.3, 0.4) is 0 Å². The molecule has 0 saturated heterocycles. The maximum absolute atomic E-state index is 10.0. The number of anilines is 6. The molecular weight excluding hydrogens is 1280 g/mol. The van der Waals surface area contributed by atoms with E-state index in [0.717, 1.165) is 158 Å². The summed E-state index contributed by atoms with van der Waals surface area (Å²) >= 11 is 0. The molecule has 0 aliphatic carbocycles. The predicted molar refractivity (Wildman–Crippen MR) is 458 cm³/mol. The number of aromatic nitrogens is 2. The van der Waals surface area contributed by atoms with Crippen molar-refractivity contribution in [2.75, 3.05) is 9.80 Å². The molecule has 2 aromatic heterocycles. The first-order valence-electron chi connectivity index (χ1n) is 41.7. The average Bonchev–Trinajstić information content (AvgIpc) is 0.893. The van der Waals surface area contributed by atoms with E-state index in [1.165, 1.54) is 11.1 Å². The summed E-state index contributed by atoms with van der Waals surface area (Å²) in [6, 6.07) is 82.7. The molecule has 0 amide bonds. The van der Waals surface area contributed by atoms with Crippen LogP contribution in [0.4, 0.5) is 34.1 Å². The number of para-hydroxylation sites is 2. The Labute approximate surface area is 640 Å². The molecule has 0 spiro atoms. The van der Waals surface area contributed by atoms with Crippen LogP contribution in [-0.2, 0) is 30.1 Å². The van der Waals surface area contributed by atoms with Crippen LogP contribution in [0, 0.1) is 16.2 Å². The van der Waals surface area contributed by atoms with E-state index >= 15 is 0 Å². The Hall–Kier alpha value is -10.9. The molecule has 0 unspecified atom stereocenters. The molecule has 4 nitrogen and oxygen atoms in total.